The summed E-state index contributed by atoms with van der Waals surface area (Å²) < 4.78 is 0. The van der Waals surface area contributed by atoms with Gasteiger partial charge < -0.3 is 20.4 Å². The number of anilines is 2. The summed E-state index contributed by atoms with van der Waals surface area (Å²) in [5.41, 5.74) is 1.61. The number of nitrogens with zero attached hydrogens (tertiary/aromatic N) is 2. The van der Waals surface area contributed by atoms with E-state index in [1.165, 1.54) is 0 Å². The molecule has 0 atom stereocenters. The molecule has 1 aromatic rings. The van der Waals surface area contributed by atoms with Crippen molar-refractivity contribution in [2.24, 2.45) is 5.41 Å². The molecule has 0 spiro atoms. The average molecular weight is 377 g/mol. The zero-order valence-corrected chi connectivity index (χ0v) is 16.8. The fourth-order valence-electron chi connectivity index (χ4n) is 2.78. The van der Waals surface area contributed by atoms with E-state index in [0.717, 1.165) is 37.6 Å². The van der Waals surface area contributed by atoms with Crippen LogP contribution in [0.5, 0.6) is 0 Å². The molecule has 142 valence electrons. The quantitative estimate of drug-likeness (QED) is 0.794. The lowest BCUT2D eigenvalue weighted by Crippen LogP contribution is -2.51. The maximum atomic E-state index is 12.4. The van der Waals surface area contributed by atoms with Crippen LogP contribution in [0.25, 0.3) is 0 Å². The molecule has 2 amide bonds. The summed E-state index contributed by atoms with van der Waals surface area (Å²) in [7, 11) is 0. The third-order valence-electron chi connectivity index (χ3n) is 4.27. The smallest absolute Gasteiger partial charge is 0.228 e. The molecule has 1 aliphatic rings. The number of hydrogen-bond donors (Lipinski definition) is 2. The molecule has 0 unspecified atom stereocenters. The van der Waals surface area contributed by atoms with Gasteiger partial charge in [-0.3, -0.25) is 9.59 Å². The maximum absolute atomic E-state index is 12.4. The van der Waals surface area contributed by atoms with Gasteiger partial charge in [0.1, 0.15) is 0 Å². The molecule has 0 saturated carbocycles. The first-order chi connectivity index (χ1) is 12.2. The van der Waals surface area contributed by atoms with Gasteiger partial charge in [0.15, 0.2) is 5.11 Å². The molecule has 1 saturated heterocycles. The molecule has 1 aromatic carbocycles. The van der Waals surface area contributed by atoms with Crippen LogP contribution in [0.2, 0.25) is 0 Å². The van der Waals surface area contributed by atoms with Crippen molar-refractivity contribution in [3.05, 3.63) is 24.3 Å². The molecule has 0 aliphatic carbocycles. The van der Waals surface area contributed by atoms with Gasteiger partial charge in [-0.05, 0) is 36.5 Å². The average Bonchev–Trinajstić information content (AvgIpc) is 2.61. The zero-order valence-electron chi connectivity index (χ0n) is 16.0. The Morgan fingerprint density at radius 2 is 1.65 bits per heavy atom. The molecule has 0 radical (unpaired) electrons. The minimum Gasteiger partial charge on any atom is -0.368 e. The van der Waals surface area contributed by atoms with Gasteiger partial charge in [-0.15, -0.1) is 0 Å². The normalized spacial score (nSPS) is 14.8. The van der Waals surface area contributed by atoms with E-state index < -0.39 is 0 Å². The fraction of sp³-hybridized carbons (Fsp3) is 0.526. The Hall–Kier alpha value is -2.15. The first-order valence-electron chi connectivity index (χ1n) is 8.96. The fourth-order valence-corrected chi connectivity index (χ4v) is 3.01. The van der Waals surface area contributed by atoms with Gasteiger partial charge in [0.05, 0.1) is 0 Å². The van der Waals surface area contributed by atoms with Crippen LogP contribution in [0.4, 0.5) is 11.4 Å². The van der Waals surface area contributed by atoms with E-state index in [1.807, 2.05) is 49.9 Å². The predicted molar refractivity (Wildman–Crippen MR) is 109 cm³/mol. The summed E-state index contributed by atoms with van der Waals surface area (Å²) in [5.74, 6) is 0.0983. The first-order valence-corrected chi connectivity index (χ1v) is 9.36. The molecule has 1 aliphatic heterocycles. The third-order valence-corrected chi connectivity index (χ3v) is 4.48. The molecular weight excluding hydrogens is 348 g/mol. The Labute approximate surface area is 160 Å². The van der Waals surface area contributed by atoms with Crippen molar-refractivity contribution in [2.45, 2.75) is 34.1 Å². The summed E-state index contributed by atoms with van der Waals surface area (Å²) in [6.07, 6.45) is 0.393. The van der Waals surface area contributed by atoms with Gasteiger partial charge in [0.2, 0.25) is 11.8 Å². The molecular formula is C19H28N4O2S. The van der Waals surface area contributed by atoms with E-state index >= 15 is 0 Å². The number of nitrogens with one attached hydrogen (secondary N) is 2. The highest BCUT2D eigenvalue weighted by atomic mass is 32.1. The summed E-state index contributed by atoms with van der Waals surface area (Å²) in [6, 6.07) is 7.92. The van der Waals surface area contributed by atoms with Crippen LogP contribution in [0.3, 0.4) is 0 Å². The second-order valence-electron chi connectivity index (χ2n) is 7.43. The summed E-state index contributed by atoms with van der Waals surface area (Å²) in [6.45, 7) is 10.8. The number of thiocarbonyl (C=S) groups is 1. The van der Waals surface area contributed by atoms with Crippen LogP contribution in [-0.2, 0) is 9.59 Å². The van der Waals surface area contributed by atoms with Crippen molar-refractivity contribution < 1.29 is 9.59 Å². The lowest BCUT2D eigenvalue weighted by Gasteiger charge is -2.38. The molecule has 1 heterocycles. The van der Waals surface area contributed by atoms with Crippen molar-refractivity contribution >= 4 is 40.5 Å². The summed E-state index contributed by atoms with van der Waals surface area (Å²) in [5, 5.41) is 5.93. The van der Waals surface area contributed by atoms with Gasteiger partial charge in [-0.25, -0.2) is 0 Å². The Kier molecular flexibility index (Phi) is 6.58. The number of rotatable bonds is 3. The molecule has 0 bridgehead atoms. The van der Waals surface area contributed by atoms with Crippen LogP contribution < -0.4 is 15.5 Å². The number of carbonyl (C=O) groups excluding carboxylic acids is 2. The lowest BCUT2D eigenvalue weighted by atomic mass is 9.94. The monoisotopic (exact) mass is 376 g/mol. The summed E-state index contributed by atoms with van der Waals surface area (Å²) in [4.78, 5) is 27.9. The molecule has 2 rings (SSSR count). The van der Waals surface area contributed by atoms with Crippen molar-refractivity contribution in [3.8, 4) is 0 Å². The SMILES string of the molecule is CCC(=O)NC(=S)Nc1ccc(N2CCN(C(=O)C(C)(C)C)CC2)cc1. The van der Waals surface area contributed by atoms with E-state index in [2.05, 4.69) is 15.5 Å². The van der Waals surface area contributed by atoms with E-state index in [0.29, 0.717) is 11.5 Å². The molecule has 7 heteroatoms. The molecule has 0 aromatic heterocycles. The molecule has 1 fully saturated rings. The minimum atomic E-state index is -0.332. The van der Waals surface area contributed by atoms with E-state index in [4.69, 9.17) is 12.2 Å². The van der Waals surface area contributed by atoms with E-state index in [1.54, 1.807) is 6.92 Å². The second kappa shape index (κ2) is 8.49. The zero-order chi connectivity index (χ0) is 19.3. The van der Waals surface area contributed by atoms with Crippen molar-refractivity contribution in [1.29, 1.82) is 0 Å². The van der Waals surface area contributed by atoms with Gasteiger partial charge in [0.25, 0.3) is 0 Å². The van der Waals surface area contributed by atoms with Crippen LogP contribution >= 0.6 is 12.2 Å². The van der Waals surface area contributed by atoms with Crippen LogP contribution in [-0.4, -0.2) is 48.0 Å². The van der Waals surface area contributed by atoms with Crippen LogP contribution in [0, 0.1) is 5.41 Å². The minimum absolute atomic E-state index is 0.109. The third kappa shape index (κ3) is 5.42. The second-order valence-corrected chi connectivity index (χ2v) is 7.84. The van der Waals surface area contributed by atoms with Gasteiger partial charge in [-0.2, -0.15) is 0 Å². The first kappa shape index (κ1) is 20.2. The number of benzene rings is 1. The van der Waals surface area contributed by atoms with Crippen molar-refractivity contribution in [1.82, 2.24) is 10.2 Å². The van der Waals surface area contributed by atoms with Crippen molar-refractivity contribution in [3.63, 3.8) is 0 Å². The van der Waals surface area contributed by atoms with Crippen LogP contribution in [0.1, 0.15) is 34.1 Å². The number of carbonyl (C=O) groups is 2. The van der Waals surface area contributed by atoms with Gasteiger partial charge in [-0.1, -0.05) is 27.7 Å². The molecule has 26 heavy (non-hydrogen) atoms. The predicted octanol–water partition coefficient (Wildman–Crippen LogP) is 2.60. The largest absolute Gasteiger partial charge is 0.368 e. The molecule has 2 N–H and O–H groups in total. The Bertz CT molecular complexity index is 659. The number of piperazine rings is 1. The molecule has 6 nitrogen and oxygen atoms in total. The number of amides is 2. The maximum Gasteiger partial charge on any atom is 0.228 e. The highest BCUT2D eigenvalue weighted by Crippen LogP contribution is 2.22. The highest BCUT2D eigenvalue weighted by Gasteiger charge is 2.29. The standard InChI is InChI=1S/C19H28N4O2S/c1-5-16(24)21-18(26)20-14-6-8-15(9-7-14)22-10-12-23(13-11-22)17(25)19(2,3)4/h6-9H,5,10-13H2,1-4H3,(H2,20,21,24,26). The number of hydrogen-bond acceptors (Lipinski definition) is 4. The Morgan fingerprint density at radius 3 is 2.15 bits per heavy atom. The summed E-state index contributed by atoms with van der Waals surface area (Å²) >= 11 is 5.11. The van der Waals surface area contributed by atoms with E-state index in [-0.39, 0.29) is 17.2 Å². The Morgan fingerprint density at radius 1 is 1.08 bits per heavy atom. The van der Waals surface area contributed by atoms with Crippen LogP contribution in [0.15, 0.2) is 24.3 Å². The topological polar surface area (TPSA) is 64.7 Å². The van der Waals surface area contributed by atoms with Gasteiger partial charge >= 0.3 is 0 Å². The lowest BCUT2D eigenvalue weighted by molar-refractivity contribution is -0.139. The highest BCUT2D eigenvalue weighted by molar-refractivity contribution is 7.80. The Balaban J connectivity index is 1.89. The van der Waals surface area contributed by atoms with Crippen molar-refractivity contribution in [2.75, 3.05) is 36.4 Å². The van der Waals surface area contributed by atoms with Gasteiger partial charge in [0, 0.05) is 49.4 Å². The van der Waals surface area contributed by atoms with E-state index in [9.17, 15) is 9.59 Å².